The summed E-state index contributed by atoms with van der Waals surface area (Å²) in [6.07, 6.45) is 3.70. The highest BCUT2D eigenvalue weighted by Crippen LogP contribution is 2.25. The molecule has 1 atom stereocenters. The summed E-state index contributed by atoms with van der Waals surface area (Å²) in [7, 11) is 0. The van der Waals surface area contributed by atoms with Gasteiger partial charge in [0.15, 0.2) is 0 Å². The van der Waals surface area contributed by atoms with Crippen LogP contribution in [0, 0.1) is 5.92 Å². The lowest BCUT2D eigenvalue weighted by Crippen LogP contribution is -2.38. The van der Waals surface area contributed by atoms with Gasteiger partial charge in [0.2, 0.25) is 0 Å². The van der Waals surface area contributed by atoms with E-state index in [2.05, 4.69) is 23.5 Å². The molecule has 2 N–H and O–H groups in total. The first-order valence-corrected chi connectivity index (χ1v) is 6.57. The molecule has 1 aliphatic rings. The molecule has 0 aromatic heterocycles. The summed E-state index contributed by atoms with van der Waals surface area (Å²) >= 11 is 0. The zero-order valence-corrected chi connectivity index (χ0v) is 11.1. The first kappa shape index (κ1) is 12.4. The molecule has 94 valence electrons. The number of anilines is 1. The molecule has 0 saturated carbocycles. The first-order chi connectivity index (χ1) is 7.99. The largest absolute Gasteiger partial charge is 0.388 e. The average Bonchev–Trinajstić information content (AvgIpc) is 2.73. The maximum Gasteiger partial charge on any atom is 0.0813 e. The van der Waals surface area contributed by atoms with Crippen molar-refractivity contribution < 1.29 is 5.11 Å². The van der Waals surface area contributed by atoms with Crippen LogP contribution >= 0.6 is 0 Å². The molecule has 0 spiro atoms. The highest BCUT2D eigenvalue weighted by molar-refractivity contribution is 5.50. The van der Waals surface area contributed by atoms with Crippen molar-refractivity contribution in [2.24, 2.45) is 5.92 Å². The van der Waals surface area contributed by atoms with Crippen LogP contribution < -0.4 is 5.32 Å². The van der Waals surface area contributed by atoms with Crippen molar-refractivity contribution in [3.8, 4) is 0 Å². The molecular weight excluding hydrogens is 210 g/mol. The van der Waals surface area contributed by atoms with Gasteiger partial charge in [0.05, 0.1) is 5.60 Å². The Balaban J connectivity index is 2.00. The third-order valence-corrected chi connectivity index (χ3v) is 3.99. The summed E-state index contributed by atoms with van der Waals surface area (Å²) in [5, 5.41) is 13.5. The van der Waals surface area contributed by atoms with E-state index in [-0.39, 0.29) is 5.92 Å². The van der Waals surface area contributed by atoms with Crippen LogP contribution in [0.5, 0.6) is 0 Å². The molecule has 2 nitrogen and oxygen atoms in total. The van der Waals surface area contributed by atoms with Crippen LogP contribution in [-0.2, 0) is 12.8 Å². The number of nitrogens with one attached hydrogen (secondary N) is 1. The number of rotatable bonds is 4. The Kier molecular flexibility index (Phi) is 3.43. The highest BCUT2D eigenvalue weighted by Gasteiger charge is 2.24. The number of aliphatic hydroxyl groups is 1. The van der Waals surface area contributed by atoms with E-state index in [1.807, 2.05) is 20.8 Å². The molecule has 0 aliphatic heterocycles. The molecule has 0 heterocycles. The van der Waals surface area contributed by atoms with Gasteiger partial charge in [-0.25, -0.2) is 0 Å². The van der Waals surface area contributed by atoms with Crippen LogP contribution in [0.15, 0.2) is 18.2 Å². The van der Waals surface area contributed by atoms with Gasteiger partial charge in [0.25, 0.3) is 0 Å². The lowest BCUT2D eigenvalue weighted by Gasteiger charge is -2.28. The quantitative estimate of drug-likeness (QED) is 0.838. The molecular formula is C15H23NO. The second-order valence-corrected chi connectivity index (χ2v) is 5.70. The zero-order chi connectivity index (χ0) is 12.5. The van der Waals surface area contributed by atoms with Crippen molar-refractivity contribution in [2.45, 2.75) is 45.6 Å². The van der Waals surface area contributed by atoms with E-state index in [1.54, 1.807) is 0 Å². The number of hydrogen-bond donors (Lipinski definition) is 2. The predicted octanol–water partition coefficient (Wildman–Crippen LogP) is 2.99. The number of hydrogen-bond acceptors (Lipinski definition) is 2. The van der Waals surface area contributed by atoms with Gasteiger partial charge in [-0.05, 0) is 55.4 Å². The van der Waals surface area contributed by atoms with E-state index >= 15 is 0 Å². The van der Waals surface area contributed by atoms with Gasteiger partial charge in [-0.2, -0.15) is 0 Å². The van der Waals surface area contributed by atoms with E-state index in [4.69, 9.17) is 0 Å². The molecule has 2 rings (SSSR count). The molecule has 1 aliphatic carbocycles. The number of fused-ring (bicyclic) bond motifs is 1. The van der Waals surface area contributed by atoms with Crippen molar-refractivity contribution in [1.29, 1.82) is 0 Å². The second kappa shape index (κ2) is 4.69. The fourth-order valence-corrected chi connectivity index (χ4v) is 2.17. The summed E-state index contributed by atoms with van der Waals surface area (Å²) in [5.41, 5.74) is 3.44. The summed E-state index contributed by atoms with van der Waals surface area (Å²) in [4.78, 5) is 0. The Morgan fingerprint density at radius 1 is 1.29 bits per heavy atom. The minimum Gasteiger partial charge on any atom is -0.388 e. The van der Waals surface area contributed by atoms with Gasteiger partial charge >= 0.3 is 0 Å². The summed E-state index contributed by atoms with van der Waals surface area (Å²) in [6, 6.07) is 6.58. The monoisotopic (exact) mass is 233 g/mol. The van der Waals surface area contributed by atoms with Crippen molar-refractivity contribution in [3.63, 3.8) is 0 Å². The SMILES string of the molecule is CC(C)C(C)(O)CNc1ccc2c(c1)CCC2. The lowest BCUT2D eigenvalue weighted by molar-refractivity contribution is 0.0266. The molecule has 17 heavy (non-hydrogen) atoms. The Morgan fingerprint density at radius 3 is 2.71 bits per heavy atom. The van der Waals surface area contributed by atoms with E-state index in [9.17, 15) is 5.11 Å². The molecule has 1 aromatic rings. The fourth-order valence-electron chi connectivity index (χ4n) is 2.17. The molecule has 2 heteroatoms. The number of aryl methyl sites for hydroxylation is 2. The molecule has 1 unspecified atom stereocenters. The highest BCUT2D eigenvalue weighted by atomic mass is 16.3. The summed E-state index contributed by atoms with van der Waals surface area (Å²) in [6.45, 7) is 6.58. The molecule has 0 amide bonds. The Labute approximate surface area is 104 Å². The van der Waals surface area contributed by atoms with Gasteiger partial charge in [-0.3, -0.25) is 0 Å². The lowest BCUT2D eigenvalue weighted by atomic mass is 9.92. The van der Waals surface area contributed by atoms with E-state index in [0.29, 0.717) is 6.54 Å². The van der Waals surface area contributed by atoms with E-state index in [1.165, 1.54) is 30.4 Å². The van der Waals surface area contributed by atoms with Gasteiger partial charge in [0, 0.05) is 12.2 Å². The maximum atomic E-state index is 10.2. The van der Waals surface area contributed by atoms with Crippen LogP contribution in [0.25, 0.3) is 0 Å². The smallest absolute Gasteiger partial charge is 0.0813 e. The van der Waals surface area contributed by atoms with Crippen LogP contribution in [0.2, 0.25) is 0 Å². The Hall–Kier alpha value is -1.02. The summed E-state index contributed by atoms with van der Waals surface area (Å²) in [5.74, 6) is 0.254. The first-order valence-electron chi connectivity index (χ1n) is 6.57. The molecule has 0 saturated heterocycles. The summed E-state index contributed by atoms with van der Waals surface area (Å²) < 4.78 is 0. The standard InChI is InChI=1S/C15H23NO/c1-11(2)15(3,17)10-16-14-8-7-12-5-4-6-13(12)9-14/h7-9,11,16-17H,4-6,10H2,1-3H3. The normalized spacial score (nSPS) is 17.9. The van der Waals surface area contributed by atoms with Gasteiger partial charge in [0.1, 0.15) is 0 Å². The predicted molar refractivity (Wildman–Crippen MR) is 72.4 cm³/mol. The fraction of sp³-hybridized carbons (Fsp3) is 0.600. The Morgan fingerprint density at radius 2 is 2.00 bits per heavy atom. The van der Waals surface area contributed by atoms with Crippen molar-refractivity contribution in [3.05, 3.63) is 29.3 Å². The molecule has 1 aromatic carbocycles. The van der Waals surface area contributed by atoms with Crippen molar-refractivity contribution >= 4 is 5.69 Å². The average molecular weight is 233 g/mol. The second-order valence-electron chi connectivity index (χ2n) is 5.70. The number of benzene rings is 1. The zero-order valence-electron chi connectivity index (χ0n) is 11.1. The third kappa shape index (κ3) is 2.81. The van der Waals surface area contributed by atoms with Gasteiger partial charge in [-0.15, -0.1) is 0 Å². The van der Waals surface area contributed by atoms with Crippen LogP contribution in [-0.4, -0.2) is 17.3 Å². The Bertz CT molecular complexity index is 396. The van der Waals surface area contributed by atoms with Crippen molar-refractivity contribution in [2.75, 3.05) is 11.9 Å². The molecule has 0 bridgehead atoms. The van der Waals surface area contributed by atoms with Gasteiger partial charge < -0.3 is 10.4 Å². The van der Waals surface area contributed by atoms with Crippen LogP contribution in [0.3, 0.4) is 0 Å². The van der Waals surface area contributed by atoms with Gasteiger partial charge in [-0.1, -0.05) is 19.9 Å². The third-order valence-electron chi connectivity index (χ3n) is 3.99. The minimum absolute atomic E-state index is 0.254. The van der Waals surface area contributed by atoms with E-state index in [0.717, 1.165) is 5.69 Å². The molecule has 0 radical (unpaired) electrons. The minimum atomic E-state index is -0.654. The maximum absolute atomic E-state index is 10.2. The molecule has 0 fully saturated rings. The topological polar surface area (TPSA) is 32.3 Å². The van der Waals surface area contributed by atoms with Crippen LogP contribution in [0.1, 0.15) is 38.3 Å². The van der Waals surface area contributed by atoms with E-state index < -0.39 is 5.60 Å². The van der Waals surface area contributed by atoms with Crippen LogP contribution in [0.4, 0.5) is 5.69 Å². The van der Waals surface area contributed by atoms with Crippen molar-refractivity contribution in [1.82, 2.24) is 0 Å².